The van der Waals surface area contributed by atoms with Crippen LogP contribution in [0.2, 0.25) is 0 Å². The number of allylic oxidation sites excluding steroid dienone is 3. The first-order valence-electron chi connectivity index (χ1n) is 4.17. The van der Waals surface area contributed by atoms with Crippen LogP contribution in [0.25, 0.3) is 0 Å². The van der Waals surface area contributed by atoms with E-state index < -0.39 is 0 Å². The van der Waals surface area contributed by atoms with Gasteiger partial charge in [-0.3, -0.25) is 4.72 Å². The standard InChI is InChI=1S/C9H16N2S/c1-9(8(7-10)11-12)5-3-2-4-6-9/h2-5,8,11-12H,6-7,10H2,1H3/t8-,9?/m1/s1. The van der Waals surface area contributed by atoms with Gasteiger partial charge in [0.15, 0.2) is 0 Å². The van der Waals surface area contributed by atoms with Crippen molar-refractivity contribution in [3.8, 4) is 0 Å². The van der Waals surface area contributed by atoms with Crippen LogP contribution in [0, 0.1) is 5.41 Å². The Hall–Kier alpha value is -0.250. The Morgan fingerprint density at radius 3 is 2.83 bits per heavy atom. The monoisotopic (exact) mass is 184 g/mol. The normalized spacial score (nSPS) is 30.6. The molecule has 0 fully saturated rings. The van der Waals surface area contributed by atoms with Crippen LogP contribution >= 0.6 is 12.8 Å². The van der Waals surface area contributed by atoms with Crippen LogP contribution < -0.4 is 10.5 Å². The van der Waals surface area contributed by atoms with Gasteiger partial charge in [-0.25, -0.2) is 0 Å². The van der Waals surface area contributed by atoms with E-state index in [1.807, 2.05) is 0 Å². The molecule has 0 aromatic rings. The number of rotatable bonds is 3. The summed E-state index contributed by atoms with van der Waals surface area (Å²) in [5.41, 5.74) is 5.75. The molecule has 0 radical (unpaired) electrons. The number of thiol groups is 1. The molecular weight excluding hydrogens is 168 g/mol. The van der Waals surface area contributed by atoms with E-state index in [-0.39, 0.29) is 11.5 Å². The van der Waals surface area contributed by atoms with Gasteiger partial charge in [-0.1, -0.05) is 44.0 Å². The van der Waals surface area contributed by atoms with Crippen molar-refractivity contribution >= 4 is 12.8 Å². The van der Waals surface area contributed by atoms with Gasteiger partial charge in [-0.2, -0.15) is 0 Å². The van der Waals surface area contributed by atoms with Gasteiger partial charge in [0, 0.05) is 18.0 Å². The second kappa shape index (κ2) is 4.12. The van der Waals surface area contributed by atoms with E-state index in [0.29, 0.717) is 6.54 Å². The molecule has 1 rings (SSSR count). The summed E-state index contributed by atoms with van der Waals surface area (Å²) in [5.74, 6) is 0. The molecule has 0 amide bonds. The lowest BCUT2D eigenvalue weighted by molar-refractivity contribution is 0.326. The molecule has 2 nitrogen and oxygen atoms in total. The molecule has 0 aliphatic heterocycles. The van der Waals surface area contributed by atoms with E-state index in [4.69, 9.17) is 5.73 Å². The Morgan fingerprint density at radius 2 is 2.42 bits per heavy atom. The van der Waals surface area contributed by atoms with Crippen LogP contribution in [0.15, 0.2) is 24.3 Å². The fraction of sp³-hybridized carbons (Fsp3) is 0.556. The maximum atomic E-state index is 5.63. The summed E-state index contributed by atoms with van der Waals surface area (Å²) < 4.78 is 2.95. The third-order valence-electron chi connectivity index (χ3n) is 2.47. The molecule has 2 atom stereocenters. The fourth-order valence-corrected chi connectivity index (χ4v) is 1.87. The first-order valence-corrected chi connectivity index (χ1v) is 4.62. The van der Waals surface area contributed by atoms with Gasteiger partial charge in [0.25, 0.3) is 0 Å². The van der Waals surface area contributed by atoms with Crippen LogP contribution in [0.4, 0.5) is 0 Å². The molecule has 0 saturated heterocycles. The Bertz CT molecular complexity index is 197. The average molecular weight is 184 g/mol. The quantitative estimate of drug-likeness (QED) is 0.578. The van der Waals surface area contributed by atoms with Crippen molar-refractivity contribution in [2.75, 3.05) is 6.54 Å². The topological polar surface area (TPSA) is 38.0 Å². The highest BCUT2D eigenvalue weighted by molar-refractivity contribution is 7.78. The molecule has 0 heterocycles. The molecule has 0 saturated carbocycles. The molecular formula is C9H16N2S. The zero-order valence-corrected chi connectivity index (χ0v) is 8.22. The summed E-state index contributed by atoms with van der Waals surface area (Å²) in [6.07, 6.45) is 9.51. The van der Waals surface area contributed by atoms with Crippen LogP contribution in [0.1, 0.15) is 13.3 Å². The highest BCUT2D eigenvalue weighted by Crippen LogP contribution is 2.30. The van der Waals surface area contributed by atoms with Gasteiger partial charge in [-0.15, -0.1) is 0 Å². The van der Waals surface area contributed by atoms with E-state index in [1.165, 1.54) is 0 Å². The minimum atomic E-state index is 0.116. The molecule has 3 heteroatoms. The lowest BCUT2D eigenvalue weighted by Gasteiger charge is -2.34. The summed E-state index contributed by atoms with van der Waals surface area (Å²) in [4.78, 5) is 0. The van der Waals surface area contributed by atoms with Crippen LogP contribution in [-0.4, -0.2) is 12.6 Å². The fourth-order valence-electron chi connectivity index (χ4n) is 1.47. The Kier molecular flexibility index (Phi) is 3.38. The molecule has 0 spiro atoms. The van der Waals surface area contributed by atoms with E-state index in [0.717, 1.165) is 6.42 Å². The second-order valence-electron chi connectivity index (χ2n) is 3.41. The number of hydrogen-bond donors (Lipinski definition) is 3. The van der Waals surface area contributed by atoms with Gasteiger partial charge in [0.2, 0.25) is 0 Å². The lowest BCUT2D eigenvalue weighted by atomic mass is 9.77. The first kappa shape index (κ1) is 9.84. The molecule has 1 unspecified atom stereocenters. The minimum absolute atomic E-state index is 0.116. The van der Waals surface area contributed by atoms with E-state index in [2.05, 4.69) is 48.8 Å². The largest absolute Gasteiger partial charge is 0.329 e. The van der Waals surface area contributed by atoms with Crippen molar-refractivity contribution in [1.82, 2.24) is 4.72 Å². The minimum Gasteiger partial charge on any atom is -0.329 e. The third kappa shape index (κ3) is 1.91. The maximum Gasteiger partial charge on any atom is 0.0383 e. The highest BCUT2D eigenvalue weighted by atomic mass is 32.1. The molecule has 0 bridgehead atoms. The van der Waals surface area contributed by atoms with Crippen molar-refractivity contribution in [3.05, 3.63) is 24.3 Å². The zero-order chi connectivity index (χ0) is 9.03. The third-order valence-corrected chi connectivity index (χ3v) is 2.78. The number of nitrogens with two attached hydrogens (primary N) is 1. The van der Waals surface area contributed by atoms with Gasteiger partial charge >= 0.3 is 0 Å². The second-order valence-corrected chi connectivity index (χ2v) is 3.67. The van der Waals surface area contributed by atoms with Crippen molar-refractivity contribution in [3.63, 3.8) is 0 Å². The SMILES string of the molecule is CC1([C@@H](CN)NS)C=CC=CC1. The van der Waals surface area contributed by atoms with Crippen LogP contribution in [0.3, 0.4) is 0 Å². The maximum absolute atomic E-state index is 5.63. The molecule has 68 valence electrons. The highest BCUT2D eigenvalue weighted by Gasteiger charge is 2.29. The zero-order valence-electron chi connectivity index (χ0n) is 7.33. The summed E-state index contributed by atoms with van der Waals surface area (Å²) in [6, 6.07) is 0.238. The number of nitrogens with one attached hydrogen (secondary N) is 1. The molecule has 0 aromatic carbocycles. The van der Waals surface area contributed by atoms with Crippen molar-refractivity contribution in [1.29, 1.82) is 0 Å². The molecule has 1 aliphatic carbocycles. The summed E-state index contributed by atoms with van der Waals surface area (Å²) in [6.45, 7) is 2.80. The molecule has 0 aromatic heterocycles. The predicted octanol–water partition coefficient (Wildman–Crippen LogP) is 1.27. The summed E-state index contributed by atoms with van der Waals surface area (Å²) in [5, 5.41) is 0. The molecule has 1 aliphatic rings. The Labute approximate surface area is 79.5 Å². The predicted molar refractivity (Wildman–Crippen MR) is 56.0 cm³/mol. The smallest absolute Gasteiger partial charge is 0.0383 e. The van der Waals surface area contributed by atoms with Gasteiger partial charge in [-0.05, 0) is 6.42 Å². The Morgan fingerprint density at radius 1 is 1.67 bits per heavy atom. The van der Waals surface area contributed by atoms with E-state index in [1.54, 1.807) is 0 Å². The first-order chi connectivity index (χ1) is 5.73. The molecule has 3 N–H and O–H groups in total. The molecule has 12 heavy (non-hydrogen) atoms. The van der Waals surface area contributed by atoms with Crippen molar-refractivity contribution in [2.45, 2.75) is 19.4 Å². The average Bonchev–Trinajstić information content (AvgIpc) is 2.07. The summed E-state index contributed by atoms with van der Waals surface area (Å²) in [7, 11) is 0. The number of hydrogen-bond acceptors (Lipinski definition) is 3. The van der Waals surface area contributed by atoms with Gasteiger partial charge in [0.1, 0.15) is 0 Å². The van der Waals surface area contributed by atoms with Crippen LogP contribution in [0.5, 0.6) is 0 Å². The van der Waals surface area contributed by atoms with E-state index >= 15 is 0 Å². The van der Waals surface area contributed by atoms with Crippen molar-refractivity contribution < 1.29 is 0 Å². The van der Waals surface area contributed by atoms with Crippen molar-refractivity contribution in [2.24, 2.45) is 11.1 Å². The van der Waals surface area contributed by atoms with E-state index in [9.17, 15) is 0 Å². The van der Waals surface area contributed by atoms with Gasteiger partial charge < -0.3 is 5.73 Å². The van der Waals surface area contributed by atoms with Gasteiger partial charge in [0.05, 0.1) is 0 Å². The van der Waals surface area contributed by atoms with Crippen LogP contribution in [-0.2, 0) is 0 Å². The lowest BCUT2D eigenvalue weighted by Crippen LogP contribution is -2.44. The Balaban J connectivity index is 2.69. The summed E-state index contributed by atoms with van der Waals surface area (Å²) >= 11 is 4.07.